The van der Waals surface area contributed by atoms with Gasteiger partial charge >= 0.3 is 0 Å². The van der Waals surface area contributed by atoms with Crippen LogP contribution in [0.5, 0.6) is 5.75 Å². The summed E-state index contributed by atoms with van der Waals surface area (Å²) in [5.41, 5.74) is 2.82. The predicted octanol–water partition coefficient (Wildman–Crippen LogP) is 4.38. The first kappa shape index (κ1) is 25.7. The van der Waals surface area contributed by atoms with Gasteiger partial charge in [0.1, 0.15) is 16.7 Å². The first-order valence-electron chi connectivity index (χ1n) is 12.8. The summed E-state index contributed by atoms with van der Waals surface area (Å²) in [7, 11) is -3.85. The van der Waals surface area contributed by atoms with Crippen molar-refractivity contribution in [3.63, 3.8) is 0 Å². The molecule has 5 rings (SSSR count). The van der Waals surface area contributed by atoms with Gasteiger partial charge in [0, 0.05) is 24.3 Å². The Morgan fingerprint density at radius 2 is 1.78 bits per heavy atom. The third kappa shape index (κ3) is 5.52. The maximum Gasteiger partial charge on any atom is 0.247 e. The standard InChI is InChI=1S/C29H34N2O5S/c1-22(24-11-6-3-7-12-24)31-18-27(21-35-20-23-9-4-2-5-10-23)36-28-17-25(14-15-29(28)37(31,33)34)30-16-8-13-26(30)19-32/h2-7,9-12,14-15,17,22,26-27,32H,8,13,16,18-21H2,1H3/t22-,26+,27+/m1/s1. The van der Waals surface area contributed by atoms with E-state index in [1.54, 1.807) is 6.07 Å². The van der Waals surface area contributed by atoms with E-state index < -0.39 is 16.1 Å². The van der Waals surface area contributed by atoms with E-state index in [0.717, 1.165) is 36.2 Å². The highest BCUT2D eigenvalue weighted by Gasteiger charge is 2.39. The highest BCUT2D eigenvalue weighted by atomic mass is 32.2. The fourth-order valence-electron chi connectivity index (χ4n) is 5.22. The molecule has 3 aromatic rings. The lowest BCUT2D eigenvalue weighted by Gasteiger charge is -2.29. The van der Waals surface area contributed by atoms with Gasteiger partial charge in [0.15, 0.2) is 0 Å². The number of anilines is 1. The molecule has 1 N–H and O–H groups in total. The van der Waals surface area contributed by atoms with Crippen LogP contribution in [-0.4, -0.2) is 56.3 Å². The van der Waals surface area contributed by atoms with Gasteiger partial charge in [0.25, 0.3) is 0 Å². The average molecular weight is 523 g/mol. The van der Waals surface area contributed by atoms with Crippen molar-refractivity contribution in [3.8, 4) is 5.75 Å². The summed E-state index contributed by atoms with van der Waals surface area (Å²) in [5.74, 6) is 0.331. The van der Waals surface area contributed by atoms with Gasteiger partial charge in [0.05, 0.1) is 32.4 Å². The van der Waals surface area contributed by atoms with Crippen molar-refractivity contribution in [2.24, 2.45) is 0 Å². The molecule has 0 aromatic heterocycles. The zero-order chi connectivity index (χ0) is 25.8. The van der Waals surface area contributed by atoms with Crippen molar-refractivity contribution in [2.75, 3.05) is 31.2 Å². The van der Waals surface area contributed by atoms with Gasteiger partial charge in [-0.3, -0.25) is 0 Å². The second kappa shape index (κ2) is 11.2. The number of hydrogen-bond acceptors (Lipinski definition) is 6. The van der Waals surface area contributed by atoms with E-state index >= 15 is 0 Å². The van der Waals surface area contributed by atoms with Crippen LogP contribution in [0, 0.1) is 0 Å². The Morgan fingerprint density at radius 1 is 1.05 bits per heavy atom. The lowest BCUT2D eigenvalue weighted by molar-refractivity contribution is 0.0313. The number of sulfonamides is 1. The molecule has 2 heterocycles. The van der Waals surface area contributed by atoms with E-state index in [0.29, 0.717) is 12.4 Å². The van der Waals surface area contributed by atoms with Gasteiger partial charge in [-0.2, -0.15) is 4.31 Å². The van der Waals surface area contributed by atoms with Crippen molar-refractivity contribution in [1.82, 2.24) is 4.31 Å². The van der Waals surface area contributed by atoms with E-state index in [4.69, 9.17) is 9.47 Å². The summed E-state index contributed by atoms with van der Waals surface area (Å²) < 4.78 is 41.9. The summed E-state index contributed by atoms with van der Waals surface area (Å²) in [6, 6.07) is 24.5. The Bertz CT molecular complexity index is 1290. The second-order valence-corrected chi connectivity index (χ2v) is 11.6. The quantitative estimate of drug-likeness (QED) is 0.473. The maximum atomic E-state index is 14.0. The van der Waals surface area contributed by atoms with Crippen LogP contribution in [-0.2, 0) is 21.4 Å². The van der Waals surface area contributed by atoms with Crippen molar-refractivity contribution in [1.29, 1.82) is 0 Å². The summed E-state index contributed by atoms with van der Waals surface area (Å²) in [5, 5.41) is 9.81. The summed E-state index contributed by atoms with van der Waals surface area (Å²) in [6.45, 7) is 3.62. The second-order valence-electron chi connectivity index (χ2n) is 9.71. The van der Waals surface area contributed by atoms with E-state index in [1.807, 2.05) is 79.7 Å². The van der Waals surface area contributed by atoms with Gasteiger partial charge in [0.2, 0.25) is 10.0 Å². The normalized spacial score (nSPS) is 22.2. The van der Waals surface area contributed by atoms with E-state index in [9.17, 15) is 13.5 Å². The summed E-state index contributed by atoms with van der Waals surface area (Å²) in [6.07, 6.45) is 1.40. The van der Waals surface area contributed by atoms with Crippen LogP contribution >= 0.6 is 0 Å². The number of aliphatic hydroxyl groups excluding tert-OH is 1. The Kier molecular flexibility index (Phi) is 7.81. The predicted molar refractivity (Wildman–Crippen MR) is 143 cm³/mol. The number of rotatable bonds is 8. The molecular formula is C29H34N2O5S. The lowest BCUT2D eigenvalue weighted by Crippen LogP contribution is -2.40. The van der Waals surface area contributed by atoms with Crippen molar-refractivity contribution >= 4 is 15.7 Å². The van der Waals surface area contributed by atoms with Crippen molar-refractivity contribution < 1.29 is 23.0 Å². The molecule has 37 heavy (non-hydrogen) atoms. The third-order valence-corrected chi connectivity index (χ3v) is 9.22. The number of hydrogen-bond donors (Lipinski definition) is 1. The number of nitrogens with zero attached hydrogens (tertiary/aromatic N) is 2. The molecule has 0 radical (unpaired) electrons. The number of fused-ring (bicyclic) bond motifs is 1. The van der Waals surface area contributed by atoms with Gasteiger partial charge in [-0.15, -0.1) is 0 Å². The average Bonchev–Trinajstić information content (AvgIpc) is 3.37. The highest BCUT2D eigenvalue weighted by Crippen LogP contribution is 2.39. The summed E-state index contributed by atoms with van der Waals surface area (Å²) >= 11 is 0. The Balaban J connectivity index is 1.47. The first-order chi connectivity index (χ1) is 18.0. The van der Waals surface area contributed by atoms with Gasteiger partial charge in [-0.05, 0) is 43.0 Å². The van der Waals surface area contributed by atoms with Gasteiger partial charge < -0.3 is 19.5 Å². The molecule has 8 heteroatoms. The fourth-order valence-corrected chi connectivity index (χ4v) is 6.98. The van der Waals surface area contributed by atoms with Gasteiger partial charge in [-0.25, -0.2) is 8.42 Å². The highest BCUT2D eigenvalue weighted by molar-refractivity contribution is 7.89. The molecule has 1 saturated heterocycles. The maximum absolute atomic E-state index is 14.0. The fraction of sp³-hybridized carbons (Fsp3) is 0.379. The lowest BCUT2D eigenvalue weighted by atomic mass is 10.1. The molecule has 7 nitrogen and oxygen atoms in total. The zero-order valence-electron chi connectivity index (χ0n) is 21.1. The molecule has 0 aliphatic carbocycles. The molecule has 0 spiro atoms. The third-order valence-electron chi connectivity index (χ3n) is 7.24. The van der Waals surface area contributed by atoms with Gasteiger partial charge in [-0.1, -0.05) is 60.7 Å². The van der Waals surface area contributed by atoms with E-state index in [-0.39, 0.29) is 36.7 Å². The minimum absolute atomic E-state index is 0.0278. The van der Waals surface area contributed by atoms with Crippen LogP contribution in [0.1, 0.15) is 36.9 Å². The molecule has 2 aliphatic rings. The minimum atomic E-state index is -3.85. The molecular weight excluding hydrogens is 488 g/mol. The Labute approximate surface area is 219 Å². The first-order valence-corrected chi connectivity index (χ1v) is 14.3. The topological polar surface area (TPSA) is 79.3 Å². The van der Waals surface area contributed by atoms with Crippen LogP contribution in [0.25, 0.3) is 0 Å². The Morgan fingerprint density at radius 3 is 2.51 bits per heavy atom. The zero-order valence-corrected chi connectivity index (χ0v) is 21.9. The molecule has 3 aromatic carbocycles. The van der Waals surface area contributed by atoms with Crippen LogP contribution in [0.3, 0.4) is 0 Å². The van der Waals surface area contributed by atoms with Crippen LogP contribution in [0.4, 0.5) is 5.69 Å². The van der Waals surface area contributed by atoms with Crippen molar-refractivity contribution in [2.45, 2.75) is 49.5 Å². The number of benzene rings is 3. The SMILES string of the molecule is C[C@H](c1ccccc1)N1C[C@@H](COCc2ccccc2)Oc2cc(N3CCC[C@H]3CO)ccc2S1(=O)=O. The molecule has 0 unspecified atom stereocenters. The molecule has 3 atom stereocenters. The van der Waals surface area contributed by atoms with Crippen molar-refractivity contribution in [3.05, 3.63) is 90.0 Å². The van der Waals surface area contributed by atoms with Crippen LogP contribution in [0.2, 0.25) is 0 Å². The molecule has 0 amide bonds. The smallest absolute Gasteiger partial charge is 0.247 e. The number of ether oxygens (including phenoxy) is 2. The van der Waals surface area contributed by atoms with E-state index in [1.165, 1.54) is 4.31 Å². The Hall–Kier alpha value is -2.91. The molecule has 196 valence electrons. The monoisotopic (exact) mass is 522 g/mol. The van der Waals surface area contributed by atoms with Crippen LogP contribution in [0.15, 0.2) is 83.8 Å². The summed E-state index contributed by atoms with van der Waals surface area (Å²) in [4.78, 5) is 2.29. The minimum Gasteiger partial charge on any atom is -0.485 e. The molecule has 0 bridgehead atoms. The molecule has 2 aliphatic heterocycles. The molecule has 1 fully saturated rings. The van der Waals surface area contributed by atoms with E-state index in [2.05, 4.69) is 4.90 Å². The van der Waals surface area contributed by atoms with Crippen LogP contribution < -0.4 is 9.64 Å². The molecule has 0 saturated carbocycles. The largest absolute Gasteiger partial charge is 0.485 e. The number of aliphatic hydroxyl groups is 1.